The van der Waals surface area contributed by atoms with Crippen molar-refractivity contribution in [1.82, 2.24) is 9.13 Å². The predicted molar refractivity (Wildman–Crippen MR) is 450 cm³/mol. The van der Waals surface area contributed by atoms with Crippen LogP contribution in [0.5, 0.6) is 0 Å². The smallest absolute Gasteiger partial charge is 0.252 e. The second-order valence-electron chi connectivity index (χ2n) is 27.7. The minimum atomic E-state index is -0.814. The van der Waals surface area contributed by atoms with Crippen molar-refractivity contribution in [3.63, 3.8) is 0 Å². The topological polar surface area (TPSA) is 19.6 Å². The molecule has 2 aliphatic rings. The van der Waals surface area contributed by atoms with Gasteiger partial charge >= 0.3 is 0 Å². The van der Waals surface area contributed by atoms with Gasteiger partial charge < -0.3 is 23.8 Å². The zero-order valence-corrected chi connectivity index (χ0v) is 57.6. The lowest BCUT2D eigenvalue weighted by atomic mass is 9.33. The minimum Gasteiger partial charge on any atom is -0.311 e. The fourth-order valence-corrected chi connectivity index (χ4v) is 15.8. The highest BCUT2D eigenvalue weighted by molar-refractivity contribution is 7.00. The maximum atomic E-state index is 10.3. The van der Waals surface area contributed by atoms with Crippen LogP contribution in [-0.2, 0) is 5.41 Å². The van der Waals surface area contributed by atoms with Crippen molar-refractivity contribution in [3.8, 4) is 67.0 Å². The molecule has 0 saturated heterocycles. The Morgan fingerprint density at radius 1 is 0.292 bits per heavy atom. The average molecular weight is 1380 g/mol. The van der Waals surface area contributed by atoms with Crippen molar-refractivity contribution in [2.75, 3.05) is 14.7 Å². The van der Waals surface area contributed by atoms with Crippen molar-refractivity contribution in [1.29, 1.82) is 0 Å². The molecule has 106 heavy (non-hydrogen) atoms. The normalized spacial score (nSPS) is 15.2. The highest BCUT2D eigenvalue weighted by Crippen LogP contribution is 2.54. The van der Waals surface area contributed by atoms with Gasteiger partial charge in [0.2, 0.25) is 0 Å². The fraction of sp³-hybridized carbons (Fsp3) is 0.0400. The maximum Gasteiger partial charge on any atom is 0.252 e. The molecule has 0 spiro atoms. The molecular formula is C100H72BN5. The summed E-state index contributed by atoms with van der Waals surface area (Å²) < 4.78 is 201. The van der Waals surface area contributed by atoms with Gasteiger partial charge in [0.05, 0.1) is 62.2 Å². The maximum absolute atomic E-state index is 10.3. The van der Waals surface area contributed by atoms with Crippen LogP contribution in [0.25, 0.3) is 111 Å². The van der Waals surface area contributed by atoms with E-state index in [1.54, 1.807) is 29.2 Å². The van der Waals surface area contributed by atoms with Gasteiger partial charge in [-0.3, -0.25) is 0 Å². The Labute approximate surface area is 648 Å². The van der Waals surface area contributed by atoms with Crippen molar-refractivity contribution >= 4 is 118 Å². The third-order valence-corrected chi connectivity index (χ3v) is 20.6. The first kappa shape index (κ1) is 44.2. The summed E-state index contributed by atoms with van der Waals surface area (Å²) in [7, 11) is 0. The third kappa shape index (κ3) is 10.4. The van der Waals surface area contributed by atoms with E-state index in [2.05, 4.69) is 128 Å². The van der Waals surface area contributed by atoms with E-state index in [9.17, 15) is 20.6 Å². The molecule has 500 valence electrons. The van der Waals surface area contributed by atoms with Gasteiger partial charge in [0.15, 0.2) is 0 Å². The molecule has 4 heterocycles. The van der Waals surface area contributed by atoms with Gasteiger partial charge in [0.1, 0.15) is 0 Å². The summed E-state index contributed by atoms with van der Waals surface area (Å²) in [5.41, 5.74) is 14.5. The van der Waals surface area contributed by atoms with Crippen LogP contribution in [0.3, 0.4) is 0 Å². The first-order valence-electron chi connectivity index (χ1n) is 45.6. The zero-order chi connectivity index (χ0) is 88.8. The average Bonchev–Trinajstić information content (AvgIpc) is 1.69. The molecule has 0 aliphatic carbocycles. The van der Waals surface area contributed by atoms with E-state index >= 15 is 0 Å². The number of hydrogen-bond acceptors (Lipinski definition) is 3. The predicted octanol–water partition coefficient (Wildman–Crippen LogP) is 25.1. The first-order chi connectivity index (χ1) is 60.9. The molecule has 0 bridgehead atoms. The quantitative estimate of drug-likeness (QED) is 0.114. The van der Waals surface area contributed by atoms with Crippen LogP contribution >= 0.6 is 0 Å². The summed E-state index contributed by atoms with van der Waals surface area (Å²) in [4.78, 5) is 5.96. The van der Waals surface area contributed by atoms with Crippen molar-refractivity contribution in [2.45, 2.75) is 26.2 Å². The molecule has 0 radical (unpaired) electrons. The first-order valence-corrected chi connectivity index (χ1v) is 35.1. The molecule has 2 aromatic heterocycles. The second-order valence-corrected chi connectivity index (χ2v) is 27.7. The molecule has 18 aromatic rings. The van der Waals surface area contributed by atoms with Crippen molar-refractivity contribution < 1.29 is 28.8 Å². The molecule has 6 heteroatoms. The Morgan fingerprint density at radius 2 is 0.726 bits per heavy atom. The Bertz CT molecular complexity index is 7480. The molecule has 0 amide bonds. The van der Waals surface area contributed by atoms with Crippen LogP contribution in [0, 0.1) is 0 Å². The summed E-state index contributed by atoms with van der Waals surface area (Å²) in [6.07, 6.45) is 0. The number of benzene rings is 16. The summed E-state index contributed by atoms with van der Waals surface area (Å²) in [5.74, 6) is 0. The van der Waals surface area contributed by atoms with Crippen LogP contribution in [0.4, 0.5) is 51.2 Å². The third-order valence-electron chi connectivity index (χ3n) is 20.6. The molecule has 20 rings (SSSR count). The van der Waals surface area contributed by atoms with Gasteiger partial charge in [-0.1, -0.05) is 293 Å². The van der Waals surface area contributed by atoms with E-state index in [0.717, 1.165) is 66.7 Å². The lowest BCUT2D eigenvalue weighted by Gasteiger charge is -2.46. The van der Waals surface area contributed by atoms with E-state index in [4.69, 9.17) is 8.22 Å². The Kier molecular flexibility index (Phi) is 10.5. The van der Waals surface area contributed by atoms with Gasteiger partial charge in [-0.15, -0.1) is 0 Å². The summed E-state index contributed by atoms with van der Waals surface area (Å²) in [6, 6.07) is 70.8. The standard InChI is InChI=1S/C100H72BN5/c1-100(2,3)75-38-27-37-71(60-75)72-51-57-88-94(63-72)106(99-82(69-33-13-6-14-34-69)45-28-46-83(99)70-35-15-7-16-36-70)97-66-81(102(76-39-17-8-18-40-76)77-52-54-78(55-53-77)103-90-47-23-19-41-84(90)85-42-20-24-48-91(85)103)65-96-98(97)101(88)89-58-56-79(104-92-49-25-21-43-86(92)87-44-22-26-50-93(87)104)64-95(89)105(96)80-61-73(67-29-9-4-10-30-67)59-74(62-80)68-31-11-5-12-32-68/h4-66H,1-3H3/i8D,17D,18D,19D,20D,21D,22D,23D,24D,25D,26D,39D,40D,41D,42D,43D,44D,47D,48D,49D,50D. The highest BCUT2D eigenvalue weighted by Gasteiger charge is 2.46. The number of anilines is 9. The van der Waals surface area contributed by atoms with E-state index in [1.807, 2.05) is 133 Å². The number of rotatable bonds is 12. The van der Waals surface area contributed by atoms with Gasteiger partial charge in [0.25, 0.3) is 6.71 Å². The molecule has 0 fully saturated rings. The summed E-state index contributed by atoms with van der Waals surface area (Å²) >= 11 is 0. The summed E-state index contributed by atoms with van der Waals surface area (Å²) in [6.45, 7) is 5.68. The van der Waals surface area contributed by atoms with E-state index in [0.29, 0.717) is 45.0 Å². The molecule has 2 aliphatic heterocycles. The number of fused-ring (bicyclic) bond motifs is 10. The Balaban J connectivity index is 0.982. The van der Waals surface area contributed by atoms with Gasteiger partial charge in [-0.2, -0.15) is 0 Å². The SMILES string of the molecule is [2H]c1c([2H])c([2H])c(N(c2ccc(-n3c4c([2H])c([2H])c([2H])c([2H])c4c4c([2H])c([2H])c([2H])c([2H])c43)cc2)c2cc3c4c(c2)N(c2c(-c5ccccc5)cccc2-c2ccccc2)c2cc(-c5cccc(C(C)(C)C)c5)ccc2B4c2ccc(-n4c5c([2H])c([2H])c([2H])c([2H])c5c5c([2H])c([2H])c([2H])c([2H])c54)cc2N3c2cc(-c3ccccc3)cc(-c3ccccc3)c2)c([2H])c1[2H]. The van der Waals surface area contributed by atoms with E-state index in [1.165, 1.54) is 9.13 Å². The van der Waals surface area contributed by atoms with Crippen LogP contribution < -0.4 is 31.1 Å². The van der Waals surface area contributed by atoms with Crippen LogP contribution in [0.2, 0.25) is 0 Å². The number of hydrogen-bond donors (Lipinski definition) is 0. The fourth-order valence-electron chi connectivity index (χ4n) is 15.8. The highest BCUT2D eigenvalue weighted by atomic mass is 15.2. The second kappa shape index (κ2) is 25.2. The molecule has 0 N–H and O–H groups in total. The van der Waals surface area contributed by atoms with Crippen molar-refractivity contribution in [3.05, 3.63) is 387 Å². The molecule has 0 saturated carbocycles. The molecular weight excluding hydrogens is 1280 g/mol. The van der Waals surface area contributed by atoms with Crippen molar-refractivity contribution in [2.24, 2.45) is 0 Å². The molecule has 0 unspecified atom stereocenters. The number of aromatic nitrogens is 2. The Hall–Kier alpha value is -13.4. The van der Waals surface area contributed by atoms with Crippen LogP contribution in [0.1, 0.15) is 55.1 Å². The van der Waals surface area contributed by atoms with Gasteiger partial charge in [0, 0.05) is 83.9 Å². The lowest BCUT2D eigenvalue weighted by Crippen LogP contribution is -2.61. The van der Waals surface area contributed by atoms with Crippen LogP contribution in [-0.4, -0.2) is 15.8 Å². The molecule has 5 nitrogen and oxygen atoms in total. The van der Waals surface area contributed by atoms with E-state index < -0.39 is 134 Å². The van der Waals surface area contributed by atoms with Gasteiger partial charge in [-0.25, -0.2) is 0 Å². The molecule has 0 atom stereocenters. The monoisotopic (exact) mass is 1370 g/mol. The summed E-state index contributed by atoms with van der Waals surface area (Å²) in [5, 5.41) is -0.561. The number of para-hydroxylation sites is 6. The Morgan fingerprint density at radius 3 is 1.25 bits per heavy atom. The van der Waals surface area contributed by atoms with Crippen LogP contribution in [0.15, 0.2) is 382 Å². The lowest BCUT2D eigenvalue weighted by molar-refractivity contribution is 0.590. The molecule has 16 aromatic carbocycles. The largest absolute Gasteiger partial charge is 0.311 e. The van der Waals surface area contributed by atoms with Gasteiger partial charge in [-0.05, 0) is 181 Å². The number of nitrogens with zero attached hydrogens (tertiary/aromatic N) is 5. The zero-order valence-electron chi connectivity index (χ0n) is 78.6. The van der Waals surface area contributed by atoms with E-state index in [-0.39, 0.29) is 77.5 Å². The minimum absolute atomic E-state index is 0.113.